The largest absolute Gasteiger partial charge is 0.472 e. The van der Waals surface area contributed by atoms with Gasteiger partial charge < -0.3 is 20.1 Å². The summed E-state index contributed by atoms with van der Waals surface area (Å²) in [7, 11) is -4.36. The molecule has 0 saturated heterocycles. The Kier molecular flexibility index (Phi) is 36.0. The Morgan fingerprint density at radius 1 is 0.531 bits per heavy atom. The van der Waals surface area contributed by atoms with Crippen LogP contribution in [0.2, 0.25) is 0 Å². The molecule has 0 fully saturated rings. The number of nitrogens with two attached hydrogens (primary N) is 1. The number of unbranched alkanes of at least 4 members (excludes halogenated alkanes) is 26. The summed E-state index contributed by atoms with van der Waals surface area (Å²) in [5.74, 6) is -0.816. The first kappa shape index (κ1) is 48.0. The number of esters is 2. The summed E-state index contributed by atoms with van der Waals surface area (Å²) in [4.78, 5) is 34.7. The molecular formula is C39H78NO8P. The fourth-order valence-electron chi connectivity index (χ4n) is 5.93. The van der Waals surface area contributed by atoms with Gasteiger partial charge in [-0.2, -0.15) is 0 Å². The summed E-state index contributed by atoms with van der Waals surface area (Å²) >= 11 is 0. The topological polar surface area (TPSA) is 134 Å². The minimum Gasteiger partial charge on any atom is -0.462 e. The number of ether oxygens (including phenoxy) is 2. The molecule has 0 heterocycles. The van der Waals surface area contributed by atoms with Crippen molar-refractivity contribution in [3.05, 3.63) is 0 Å². The summed E-state index contributed by atoms with van der Waals surface area (Å²) in [6.45, 7) is 3.75. The molecule has 2 unspecified atom stereocenters. The van der Waals surface area contributed by atoms with Crippen molar-refractivity contribution < 1.29 is 37.6 Å². The standard InChI is InChI=1S/C39H78NO8P/c1-3-5-7-9-11-13-15-16-17-18-19-20-22-23-25-27-29-31-38(41)45-35-37(36-47-49(43,44)46-34-33-40)48-39(42)32-30-28-26-24-21-14-12-10-8-6-4-2/h37H,3-36,40H2,1-2H3,(H,43,44). The van der Waals surface area contributed by atoms with Crippen molar-refractivity contribution in [1.29, 1.82) is 0 Å². The van der Waals surface area contributed by atoms with Crippen molar-refractivity contribution in [1.82, 2.24) is 0 Å². The van der Waals surface area contributed by atoms with Crippen LogP contribution < -0.4 is 5.73 Å². The Labute approximate surface area is 301 Å². The molecule has 2 atom stereocenters. The van der Waals surface area contributed by atoms with Gasteiger partial charge in [0, 0.05) is 19.4 Å². The number of hydrogen-bond acceptors (Lipinski definition) is 8. The summed E-state index contributed by atoms with van der Waals surface area (Å²) in [5, 5.41) is 0. The Hall–Kier alpha value is -0.990. The van der Waals surface area contributed by atoms with Gasteiger partial charge in [-0.1, -0.05) is 181 Å². The molecule has 0 radical (unpaired) electrons. The molecule has 0 aliphatic heterocycles. The van der Waals surface area contributed by atoms with E-state index < -0.39 is 26.5 Å². The van der Waals surface area contributed by atoms with Gasteiger partial charge in [-0.3, -0.25) is 18.6 Å². The normalized spacial score (nSPS) is 13.3. The minimum absolute atomic E-state index is 0.0578. The first-order valence-corrected chi connectivity index (χ1v) is 22.0. The van der Waals surface area contributed by atoms with Gasteiger partial charge in [-0.25, -0.2) is 4.57 Å². The molecule has 3 N–H and O–H groups in total. The number of rotatable bonds is 39. The quantitative estimate of drug-likeness (QED) is 0.0361. The van der Waals surface area contributed by atoms with Crippen LogP contribution in [0.1, 0.15) is 206 Å². The first-order chi connectivity index (χ1) is 23.8. The van der Waals surface area contributed by atoms with Crippen LogP contribution in [0.5, 0.6) is 0 Å². The number of hydrogen-bond donors (Lipinski definition) is 2. The highest BCUT2D eigenvalue weighted by atomic mass is 31.2. The van der Waals surface area contributed by atoms with Gasteiger partial charge in [-0.15, -0.1) is 0 Å². The average molecular weight is 720 g/mol. The zero-order chi connectivity index (χ0) is 36.1. The van der Waals surface area contributed by atoms with Gasteiger partial charge in [0.05, 0.1) is 13.2 Å². The van der Waals surface area contributed by atoms with Crippen LogP contribution in [0.25, 0.3) is 0 Å². The summed E-state index contributed by atoms with van der Waals surface area (Å²) in [6, 6.07) is 0. The molecule has 0 aromatic rings. The molecule has 10 heteroatoms. The Balaban J connectivity index is 4.10. The van der Waals surface area contributed by atoms with Crippen molar-refractivity contribution >= 4 is 19.8 Å². The lowest BCUT2D eigenvalue weighted by atomic mass is 10.0. The summed E-state index contributed by atoms with van der Waals surface area (Å²) in [5.41, 5.74) is 5.33. The lowest BCUT2D eigenvalue weighted by Crippen LogP contribution is -2.29. The Bertz CT molecular complexity index is 784. The van der Waals surface area contributed by atoms with Crippen molar-refractivity contribution in [2.75, 3.05) is 26.4 Å². The van der Waals surface area contributed by atoms with Gasteiger partial charge in [0.25, 0.3) is 0 Å². The van der Waals surface area contributed by atoms with E-state index in [0.717, 1.165) is 32.1 Å². The third-order valence-electron chi connectivity index (χ3n) is 8.99. The Morgan fingerprint density at radius 3 is 1.24 bits per heavy atom. The average Bonchev–Trinajstić information content (AvgIpc) is 3.08. The molecule has 0 aromatic carbocycles. The minimum atomic E-state index is -4.36. The van der Waals surface area contributed by atoms with E-state index in [9.17, 15) is 19.0 Å². The second-order valence-corrected chi connectivity index (χ2v) is 15.3. The van der Waals surface area contributed by atoms with Crippen LogP contribution in [0.3, 0.4) is 0 Å². The smallest absolute Gasteiger partial charge is 0.462 e. The first-order valence-electron chi connectivity index (χ1n) is 20.5. The van der Waals surface area contributed by atoms with Crippen LogP contribution in [0.15, 0.2) is 0 Å². The maximum absolute atomic E-state index is 12.5. The van der Waals surface area contributed by atoms with Crippen molar-refractivity contribution in [3.63, 3.8) is 0 Å². The van der Waals surface area contributed by atoms with Crippen LogP contribution in [-0.4, -0.2) is 49.3 Å². The van der Waals surface area contributed by atoms with Crippen LogP contribution in [0, 0.1) is 0 Å². The van der Waals surface area contributed by atoms with E-state index in [2.05, 4.69) is 13.8 Å². The molecule has 0 spiro atoms. The van der Waals surface area contributed by atoms with E-state index in [-0.39, 0.29) is 38.6 Å². The maximum atomic E-state index is 12.5. The predicted molar refractivity (Wildman–Crippen MR) is 201 cm³/mol. The summed E-state index contributed by atoms with van der Waals surface area (Å²) < 4.78 is 32.7. The zero-order valence-electron chi connectivity index (χ0n) is 31.9. The SMILES string of the molecule is CCCCCCCCCCCCCCCCCCCC(=O)OCC(COP(=O)(O)OCCN)OC(=O)CCCCCCCCCCCCC. The number of carbonyl (C=O) groups is 2. The van der Waals surface area contributed by atoms with E-state index in [1.165, 1.54) is 141 Å². The van der Waals surface area contributed by atoms with Crippen LogP contribution in [0.4, 0.5) is 0 Å². The van der Waals surface area contributed by atoms with E-state index >= 15 is 0 Å². The number of phosphoric ester groups is 1. The third-order valence-corrected chi connectivity index (χ3v) is 9.98. The fourth-order valence-corrected chi connectivity index (χ4v) is 6.69. The summed E-state index contributed by atoms with van der Waals surface area (Å²) in [6.07, 6.45) is 34.2. The monoisotopic (exact) mass is 720 g/mol. The highest BCUT2D eigenvalue weighted by Crippen LogP contribution is 2.43. The van der Waals surface area contributed by atoms with Crippen LogP contribution in [-0.2, 0) is 32.7 Å². The van der Waals surface area contributed by atoms with Gasteiger partial charge in [-0.05, 0) is 12.8 Å². The van der Waals surface area contributed by atoms with Gasteiger partial charge in [0.15, 0.2) is 6.10 Å². The van der Waals surface area contributed by atoms with Crippen molar-refractivity contribution in [2.45, 2.75) is 213 Å². The van der Waals surface area contributed by atoms with Gasteiger partial charge >= 0.3 is 19.8 Å². The van der Waals surface area contributed by atoms with Gasteiger partial charge in [0.1, 0.15) is 6.61 Å². The highest BCUT2D eigenvalue weighted by Gasteiger charge is 2.26. The molecule has 0 amide bonds. The number of phosphoric acid groups is 1. The zero-order valence-corrected chi connectivity index (χ0v) is 32.8. The molecule has 0 saturated carbocycles. The fraction of sp³-hybridized carbons (Fsp3) is 0.949. The second kappa shape index (κ2) is 36.8. The van der Waals surface area contributed by atoms with Crippen LogP contribution >= 0.6 is 7.82 Å². The maximum Gasteiger partial charge on any atom is 0.472 e. The van der Waals surface area contributed by atoms with Crippen molar-refractivity contribution in [2.24, 2.45) is 5.73 Å². The third kappa shape index (κ3) is 36.6. The molecule has 0 rings (SSSR count). The lowest BCUT2D eigenvalue weighted by molar-refractivity contribution is -0.161. The molecule has 0 aromatic heterocycles. The van der Waals surface area contributed by atoms with E-state index in [0.29, 0.717) is 6.42 Å². The van der Waals surface area contributed by atoms with E-state index in [1.807, 2.05) is 0 Å². The number of carbonyl (C=O) groups excluding carboxylic acids is 2. The van der Waals surface area contributed by atoms with Crippen molar-refractivity contribution in [3.8, 4) is 0 Å². The van der Waals surface area contributed by atoms with E-state index in [4.69, 9.17) is 24.3 Å². The Morgan fingerprint density at radius 2 is 0.878 bits per heavy atom. The molecule has 9 nitrogen and oxygen atoms in total. The highest BCUT2D eigenvalue weighted by molar-refractivity contribution is 7.47. The van der Waals surface area contributed by atoms with E-state index in [1.54, 1.807) is 0 Å². The molecule has 0 bridgehead atoms. The van der Waals surface area contributed by atoms with Gasteiger partial charge in [0.2, 0.25) is 0 Å². The molecular weight excluding hydrogens is 641 g/mol. The second-order valence-electron chi connectivity index (χ2n) is 13.9. The molecule has 0 aliphatic carbocycles. The molecule has 49 heavy (non-hydrogen) atoms. The predicted octanol–water partition coefficient (Wildman–Crippen LogP) is 11.3. The lowest BCUT2D eigenvalue weighted by Gasteiger charge is -2.19. The molecule has 292 valence electrons. The molecule has 0 aliphatic rings.